The monoisotopic (exact) mass is 299 g/mol. The summed E-state index contributed by atoms with van der Waals surface area (Å²) in [7, 11) is 0. The van der Waals surface area contributed by atoms with Crippen molar-refractivity contribution in [2.75, 3.05) is 5.32 Å². The predicted octanol–water partition coefficient (Wildman–Crippen LogP) is 2.03. The maximum atomic E-state index is 11.8. The average Bonchev–Trinajstić information content (AvgIpc) is 2.36. The highest BCUT2D eigenvalue weighted by atomic mass is 35.5. The molecule has 0 saturated heterocycles. The number of amides is 1. The van der Waals surface area contributed by atoms with E-state index in [4.69, 9.17) is 23.2 Å². The second-order valence-electron chi connectivity index (χ2n) is 3.55. The Labute approximate surface area is 117 Å². The molecule has 19 heavy (non-hydrogen) atoms. The number of rotatable bonds is 2. The molecule has 0 aliphatic carbocycles. The van der Waals surface area contributed by atoms with E-state index in [1.54, 1.807) is 0 Å². The van der Waals surface area contributed by atoms with E-state index in [2.05, 4.69) is 15.5 Å². The average molecular weight is 300 g/mol. The van der Waals surface area contributed by atoms with Gasteiger partial charge in [-0.15, -0.1) is 0 Å². The molecule has 6 nitrogen and oxygen atoms in total. The summed E-state index contributed by atoms with van der Waals surface area (Å²) in [5.41, 5.74) is -0.0852. The van der Waals surface area contributed by atoms with Crippen LogP contribution in [0.1, 0.15) is 10.5 Å². The van der Waals surface area contributed by atoms with Crippen LogP contribution in [0.2, 0.25) is 10.0 Å². The first-order valence-electron chi connectivity index (χ1n) is 5.02. The van der Waals surface area contributed by atoms with Crippen LogP contribution in [0, 0.1) is 0 Å². The normalized spacial score (nSPS) is 10.2. The highest BCUT2D eigenvalue weighted by Crippen LogP contribution is 2.34. The number of anilines is 1. The van der Waals surface area contributed by atoms with Gasteiger partial charge < -0.3 is 10.4 Å². The number of aromatic nitrogens is 2. The molecule has 1 heterocycles. The Morgan fingerprint density at radius 3 is 2.42 bits per heavy atom. The standard InChI is InChI=1S/C11H7Cl2N3O3/c12-6-3-5(4-7(13)10(6)18)14-11(19)8-1-2-9(17)16-15-8/h1-4,18H,(H,14,19)(H,16,17). The number of nitrogens with zero attached hydrogens (tertiary/aromatic N) is 1. The van der Waals surface area contributed by atoms with Crippen molar-refractivity contribution in [1.29, 1.82) is 0 Å². The van der Waals surface area contributed by atoms with Crippen LogP contribution in [0.15, 0.2) is 29.1 Å². The van der Waals surface area contributed by atoms with Gasteiger partial charge >= 0.3 is 0 Å². The van der Waals surface area contributed by atoms with Crippen molar-refractivity contribution in [1.82, 2.24) is 10.2 Å². The summed E-state index contributed by atoms with van der Waals surface area (Å²) in [5, 5.41) is 17.6. The number of phenols is 1. The minimum absolute atomic E-state index is 0.0113. The Bertz CT molecular complexity index is 656. The number of hydrogen-bond acceptors (Lipinski definition) is 4. The van der Waals surface area contributed by atoms with Crippen LogP contribution in [0.4, 0.5) is 5.69 Å². The maximum absolute atomic E-state index is 11.8. The molecule has 98 valence electrons. The number of benzene rings is 1. The molecule has 0 bridgehead atoms. The van der Waals surface area contributed by atoms with E-state index < -0.39 is 11.5 Å². The number of phenolic OH excluding ortho intramolecular Hbond substituents is 1. The van der Waals surface area contributed by atoms with E-state index in [0.717, 1.165) is 0 Å². The molecule has 3 N–H and O–H groups in total. The fraction of sp³-hybridized carbons (Fsp3) is 0. The predicted molar refractivity (Wildman–Crippen MR) is 70.9 cm³/mol. The van der Waals surface area contributed by atoms with Gasteiger partial charge in [-0.05, 0) is 18.2 Å². The topological polar surface area (TPSA) is 95.1 Å². The van der Waals surface area contributed by atoms with Gasteiger partial charge in [0.05, 0.1) is 10.0 Å². The van der Waals surface area contributed by atoms with Crippen molar-refractivity contribution in [3.63, 3.8) is 0 Å². The van der Waals surface area contributed by atoms with Gasteiger partial charge in [-0.3, -0.25) is 9.59 Å². The Balaban J connectivity index is 2.24. The molecule has 0 unspecified atom stereocenters. The van der Waals surface area contributed by atoms with E-state index in [-0.39, 0.29) is 21.5 Å². The summed E-state index contributed by atoms with van der Waals surface area (Å²) < 4.78 is 0. The molecular weight excluding hydrogens is 293 g/mol. The van der Waals surface area contributed by atoms with Gasteiger partial charge in [0, 0.05) is 11.8 Å². The first kappa shape index (κ1) is 13.4. The van der Waals surface area contributed by atoms with Crippen molar-refractivity contribution in [3.05, 3.63) is 50.4 Å². The number of halogens is 2. The second kappa shape index (κ2) is 5.29. The molecule has 1 aromatic heterocycles. The van der Waals surface area contributed by atoms with Crippen molar-refractivity contribution in [2.24, 2.45) is 0 Å². The van der Waals surface area contributed by atoms with Crippen LogP contribution in [0.25, 0.3) is 0 Å². The van der Waals surface area contributed by atoms with E-state index >= 15 is 0 Å². The van der Waals surface area contributed by atoms with Crippen LogP contribution < -0.4 is 10.9 Å². The Morgan fingerprint density at radius 2 is 1.89 bits per heavy atom. The highest BCUT2D eigenvalue weighted by Gasteiger charge is 2.11. The number of H-pyrrole nitrogens is 1. The lowest BCUT2D eigenvalue weighted by Crippen LogP contribution is -2.17. The molecule has 1 amide bonds. The van der Waals surface area contributed by atoms with Gasteiger partial charge in [-0.1, -0.05) is 23.2 Å². The molecule has 0 radical (unpaired) electrons. The van der Waals surface area contributed by atoms with Gasteiger partial charge in [0.25, 0.3) is 11.5 Å². The summed E-state index contributed by atoms with van der Waals surface area (Å²) >= 11 is 11.4. The summed E-state index contributed by atoms with van der Waals surface area (Å²) in [6.45, 7) is 0. The van der Waals surface area contributed by atoms with E-state index in [9.17, 15) is 14.7 Å². The molecule has 0 spiro atoms. The molecule has 0 fully saturated rings. The van der Waals surface area contributed by atoms with E-state index in [0.29, 0.717) is 5.69 Å². The zero-order valence-corrected chi connectivity index (χ0v) is 10.8. The lowest BCUT2D eigenvalue weighted by atomic mass is 10.3. The molecule has 0 aliphatic heterocycles. The van der Waals surface area contributed by atoms with Crippen molar-refractivity contribution in [3.8, 4) is 5.75 Å². The fourth-order valence-corrected chi connectivity index (χ4v) is 1.79. The number of aromatic amines is 1. The number of carbonyl (C=O) groups excluding carboxylic acids is 1. The maximum Gasteiger partial charge on any atom is 0.276 e. The number of carbonyl (C=O) groups is 1. The third kappa shape index (κ3) is 3.04. The van der Waals surface area contributed by atoms with Crippen LogP contribution >= 0.6 is 23.2 Å². The van der Waals surface area contributed by atoms with Gasteiger partial charge in [-0.25, -0.2) is 5.10 Å². The lowest BCUT2D eigenvalue weighted by molar-refractivity contribution is 0.102. The van der Waals surface area contributed by atoms with Gasteiger partial charge in [0.2, 0.25) is 0 Å². The number of hydrogen-bond donors (Lipinski definition) is 3. The molecule has 8 heteroatoms. The molecule has 0 saturated carbocycles. The van der Waals surface area contributed by atoms with Crippen LogP contribution in [-0.2, 0) is 0 Å². The van der Waals surface area contributed by atoms with Crippen LogP contribution in [0.5, 0.6) is 5.75 Å². The van der Waals surface area contributed by atoms with Crippen LogP contribution in [0.3, 0.4) is 0 Å². The second-order valence-corrected chi connectivity index (χ2v) is 4.36. The lowest BCUT2D eigenvalue weighted by Gasteiger charge is -2.07. The molecule has 1 aromatic carbocycles. The van der Waals surface area contributed by atoms with Gasteiger partial charge in [0.15, 0.2) is 5.75 Å². The molecule has 0 aliphatic rings. The SMILES string of the molecule is O=C(Nc1cc(Cl)c(O)c(Cl)c1)c1ccc(=O)[nH]n1. The van der Waals surface area contributed by atoms with Crippen molar-refractivity contribution in [2.45, 2.75) is 0 Å². The largest absolute Gasteiger partial charge is 0.505 e. The van der Waals surface area contributed by atoms with Gasteiger partial charge in [0.1, 0.15) is 5.69 Å². The highest BCUT2D eigenvalue weighted by molar-refractivity contribution is 6.37. The third-order valence-corrected chi connectivity index (χ3v) is 2.76. The first-order valence-corrected chi connectivity index (χ1v) is 5.78. The van der Waals surface area contributed by atoms with Crippen LogP contribution in [-0.4, -0.2) is 21.2 Å². The Hall–Kier alpha value is -2.05. The third-order valence-electron chi connectivity index (χ3n) is 2.19. The minimum Gasteiger partial charge on any atom is -0.505 e. The molecule has 2 aromatic rings. The first-order chi connectivity index (χ1) is 8.97. The minimum atomic E-state index is -0.547. The van der Waals surface area contributed by atoms with Crippen molar-refractivity contribution >= 4 is 34.8 Å². The Kier molecular flexibility index (Phi) is 3.73. The molecule has 0 atom stereocenters. The number of nitrogens with one attached hydrogen (secondary N) is 2. The zero-order valence-electron chi connectivity index (χ0n) is 9.28. The number of aromatic hydroxyl groups is 1. The Morgan fingerprint density at radius 1 is 1.26 bits per heavy atom. The summed E-state index contributed by atoms with van der Waals surface area (Å²) in [5.74, 6) is -0.808. The quantitative estimate of drug-likeness (QED) is 0.740. The zero-order chi connectivity index (χ0) is 14.0. The smallest absolute Gasteiger partial charge is 0.276 e. The molecular formula is C11H7Cl2N3O3. The van der Waals surface area contributed by atoms with E-state index in [1.807, 2.05) is 0 Å². The van der Waals surface area contributed by atoms with E-state index in [1.165, 1.54) is 24.3 Å². The van der Waals surface area contributed by atoms with Gasteiger partial charge in [-0.2, -0.15) is 5.10 Å². The summed E-state index contributed by atoms with van der Waals surface area (Å²) in [6.07, 6.45) is 0. The van der Waals surface area contributed by atoms with Crippen molar-refractivity contribution < 1.29 is 9.90 Å². The molecule has 2 rings (SSSR count). The summed E-state index contributed by atoms with van der Waals surface area (Å²) in [4.78, 5) is 22.6. The fourth-order valence-electron chi connectivity index (χ4n) is 1.30. The summed E-state index contributed by atoms with van der Waals surface area (Å²) in [6, 6.07) is 5.13.